The van der Waals surface area contributed by atoms with Gasteiger partial charge in [-0.05, 0) is 81.4 Å². The first-order valence-corrected chi connectivity index (χ1v) is 9.27. The van der Waals surface area contributed by atoms with Crippen LogP contribution in [0.3, 0.4) is 0 Å². The first-order chi connectivity index (χ1) is 11.5. The van der Waals surface area contributed by atoms with Crippen molar-refractivity contribution in [3.8, 4) is 0 Å². The second kappa shape index (κ2) is 4.84. The second-order valence-corrected chi connectivity index (χ2v) is 8.57. The summed E-state index contributed by atoms with van der Waals surface area (Å²) in [6, 6.07) is 6.09. The van der Waals surface area contributed by atoms with E-state index in [0.29, 0.717) is 0 Å². The highest BCUT2D eigenvalue weighted by molar-refractivity contribution is 5.97. The summed E-state index contributed by atoms with van der Waals surface area (Å²) in [5.74, 6) is 3.64. The van der Waals surface area contributed by atoms with E-state index < -0.39 is 0 Å². The molecule has 4 aliphatic rings. The molecule has 1 aromatic carbocycles. The number of amides is 1. The number of hydrogen-bond donors (Lipinski definition) is 1. The van der Waals surface area contributed by atoms with Gasteiger partial charge in [-0.25, -0.2) is 4.98 Å². The first kappa shape index (κ1) is 14.5. The standard InChI is InChI=1S/C20H25N3O/c1-12-21-17-8-16(3-4-18(17)23(12)2)22-19(24)20-9-13-5-14(10-20)7-15(6-13)11-20/h3-4,8,13-15H,5-7,9-11H2,1-2H3,(H,22,24). The van der Waals surface area contributed by atoms with Crippen molar-refractivity contribution in [1.29, 1.82) is 0 Å². The maximum absolute atomic E-state index is 13.1. The van der Waals surface area contributed by atoms with E-state index in [2.05, 4.69) is 20.9 Å². The number of carbonyl (C=O) groups is 1. The van der Waals surface area contributed by atoms with Crippen molar-refractivity contribution in [2.45, 2.75) is 45.4 Å². The van der Waals surface area contributed by atoms with E-state index in [1.807, 2.05) is 26.1 Å². The van der Waals surface area contributed by atoms with E-state index in [-0.39, 0.29) is 11.3 Å². The molecule has 4 saturated carbocycles. The Bertz CT molecular complexity index is 799. The topological polar surface area (TPSA) is 46.9 Å². The van der Waals surface area contributed by atoms with Crippen LogP contribution in [-0.4, -0.2) is 15.5 Å². The fourth-order valence-electron chi connectivity index (χ4n) is 6.05. The number of aryl methyl sites for hydroxylation is 2. The number of fused-ring (bicyclic) bond motifs is 1. The second-order valence-electron chi connectivity index (χ2n) is 8.57. The van der Waals surface area contributed by atoms with Crippen LogP contribution in [0.15, 0.2) is 18.2 Å². The lowest BCUT2D eigenvalue weighted by atomic mass is 9.49. The molecule has 1 amide bonds. The molecular weight excluding hydrogens is 298 g/mol. The maximum atomic E-state index is 13.1. The van der Waals surface area contributed by atoms with Gasteiger partial charge in [-0.2, -0.15) is 0 Å². The number of carbonyl (C=O) groups excluding carboxylic acids is 1. The van der Waals surface area contributed by atoms with Gasteiger partial charge >= 0.3 is 0 Å². The van der Waals surface area contributed by atoms with Gasteiger partial charge in [0.15, 0.2) is 0 Å². The van der Waals surface area contributed by atoms with Crippen LogP contribution < -0.4 is 5.32 Å². The zero-order chi connectivity index (χ0) is 16.5. The van der Waals surface area contributed by atoms with E-state index in [1.54, 1.807) is 0 Å². The van der Waals surface area contributed by atoms with Crippen LogP contribution in [0, 0.1) is 30.1 Å². The van der Waals surface area contributed by atoms with E-state index >= 15 is 0 Å². The average Bonchev–Trinajstić information content (AvgIpc) is 2.80. The Kier molecular flexibility index (Phi) is 2.92. The van der Waals surface area contributed by atoms with Gasteiger partial charge in [0.25, 0.3) is 0 Å². The van der Waals surface area contributed by atoms with E-state index in [1.165, 1.54) is 19.3 Å². The van der Waals surface area contributed by atoms with Crippen LogP contribution >= 0.6 is 0 Å². The lowest BCUT2D eigenvalue weighted by molar-refractivity contribution is -0.140. The van der Waals surface area contributed by atoms with Gasteiger partial charge in [0.2, 0.25) is 5.91 Å². The Balaban J connectivity index is 1.42. The minimum atomic E-state index is -0.0935. The fourth-order valence-corrected chi connectivity index (χ4v) is 6.05. The smallest absolute Gasteiger partial charge is 0.230 e. The fraction of sp³-hybridized carbons (Fsp3) is 0.600. The van der Waals surface area contributed by atoms with Crippen LogP contribution in [0.4, 0.5) is 5.69 Å². The van der Waals surface area contributed by atoms with Crippen LogP contribution in [0.5, 0.6) is 0 Å². The summed E-state index contributed by atoms with van der Waals surface area (Å²) >= 11 is 0. The number of anilines is 1. The van der Waals surface area contributed by atoms with Crippen molar-refractivity contribution >= 4 is 22.6 Å². The Morgan fingerprint density at radius 2 is 1.79 bits per heavy atom. The molecule has 0 spiro atoms. The van der Waals surface area contributed by atoms with E-state index in [4.69, 9.17) is 0 Å². The molecule has 0 saturated heterocycles. The molecule has 126 valence electrons. The van der Waals surface area contributed by atoms with Crippen LogP contribution in [0.1, 0.15) is 44.3 Å². The summed E-state index contributed by atoms with van der Waals surface area (Å²) in [6.07, 6.45) is 7.42. The number of benzene rings is 1. The average molecular weight is 323 g/mol. The number of nitrogens with zero attached hydrogens (tertiary/aromatic N) is 2. The van der Waals surface area contributed by atoms with Gasteiger partial charge in [0, 0.05) is 12.7 Å². The molecule has 1 heterocycles. The molecular formula is C20H25N3O. The molecule has 24 heavy (non-hydrogen) atoms. The van der Waals surface area contributed by atoms with Gasteiger partial charge in [-0.15, -0.1) is 0 Å². The van der Waals surface area contributed by atoms with E-state index in [0.717, 1.165) is 59.6 Å². The van der Waals surface area contributed by atoms with Crippen LogP contribution in [0.2, 0.25) is 0 Å². The molecule has 0 atom stereocenters. The highest BCUT2D eigenvalue weighted by Gasteiger charge is 2.54. The van der Waals surface area contributed by atoms with Gasteiger partial charge in [-0.1, -0.05) is 0 Å². The number of imidazole rings is 1. The number of rotatable bonds is 2. The molecule has 4 nitrogen and oxygen atoms in total. The lowest BCUT2D eigenvalue weighted by Gasteiger charge is -2.55. The molecule has 4 bridgehead atoms. The summed E-state index contributed by atoms with van der Waals surface area (Å²) in [6.45, 7) is 2.01. The molecule has 6 rings (SSSR count). The molecule has 4 heteroatoms. The molecule has 1 aromatic heterocycles. The van der Waals surface area contributed by atoms with Crippen molar-refractivity contribution in [3.63, 3.8) is 0 Å². The van der Waals surface area contributed by atoms with Gasteiger partial charge in [-0.3, -0.25) is 4.79 Å². The minimum absolute atomic E-state index is 0.0935. The van der Waals surface area contributed by atoms with Crippen molar-refractivity contribution < 1.29 is 4.79 Å². The third-order valence-electron chi connectivity index (χ3n) is 6.88. The molecule has 0 aliphatic heterocycles. The van der Waals surface area contributed by atoms with Gasteiger partial charge in [0.1, 0.15) is 5.82 Å². The summed E-state index contributed by atoms with van der Waals surface area (Å²) in [5, 5.41) is 3.23. The zero-order valence-electron chi connectivity index (χ0n) is 14.5. The monoisotopic (exact) mass is 323 g/mol. The molecule has 0 unspecified atom stereocenters. The van der Waals surface area contributed by atoms with Crippen molar-refractivity contribution in [3.05, 3.63) is 24.0 Å². The first-order valence-electron chi connectivity index (χ1n) is 9.27. The summed E-state index contributed by atoms with van der Waals surface area (Å²) in [4.78, 5) is 17.7. The van der Waals surface area contributed by atoms with Crippen LogP contribution in [-0.2, 0) is 11.8 Å². The highest BCUT2D eigenvalue weighted by atomic mass is 16.2. The largest absolute Gasteiger partial charge is 0.331 e. The molecule has 4 aliphatic carbocycles. The maximum Gasteiger partial charge on any atom is 0.230 e. The third kappa shape index (κ3) is 2.04. The molecule has 0 radical (unpaired) electrons. The highest BCUT2D eigenvalue weighted by Crippen LogP contribution is 2.60. The summed E-state index contributed by atoms with van der Waals surface area (Å²) in [5.41, 5.74) is 2.86. The molecule has 4 fully saturated rings. The van der Waals surface area contributed by atoms with Crippen LogP contribution in [0.25, 0.3) is 11.0 Å². The molecule has 2 aromatic rings. The third-order valence-corrected chi connectivity index (χ3v) is 6.88. The normalized spacial score (nSPS) is 34.0. The number of aromatic nitrogens is 2. The van der Waals surface area contributed by atoms with Crippen molar-refractivity contribution in [1.82, 2.24) is 9.55 Å². The Labute approximate surface area is 142 Å². The SMILES string of the molecule is Cc1nc2cc(NC(=O)C34CC5CC(CC(C5)C3)C4)ccc2n1C. The Morgan fingerprint density at radius 3 is 2.42 bits per heavy atom. The summed E-state index contributed by atoms with van der Waals surface area (Å²) < 4.78 is 2.08. The summed E-state index contributed by atoms with van der Waals surface area (Å²) in [7, 11) is 2.03. The lowest BCUT2D eigenvalue weighted by Crippen LogP contribution is -2.51. The van der Waals surface area contributed by atoms with Gasteiger partial charge in [0.05, 0.1) is 16.4 Å². The number of nitrogens with one attached hydrogen (secondary N) is 1. The Morgan fingerprint density at radius 1 is 1.17 bits per heavy atom. The van der Waals surface area contributed by atoms with Crippen molar-refractivity contribution in [2.24, 2.45) is 30.2 Å². The molecule has 1 N–H and O–H groups in total. The predicted molar refractivity (Wildman–Crippen MR) is 94.7 cm³/mol. The Hall–Kier alpha value is -1.84. The quantitative estimate of drug-likeness (QED) is 0.907. The zero-order valence-corrected chi connectivity index (χ0v) is 14.5. The van der Waals surface area contributed by atoms with Gasteiger partial charge < -0.3 is 9.88 Å². The number of hydrogen-bond acceptors (Lipinski definition) is 2. The minimum Gasteiger partial charge on any atom is -0.331 e. The van der Waals surface area contributed by atoms with Crippen molar-refractivity contribution in [2.75, 3.05) is 5.32 Å². The van der Waals surface area contributed by atoms with E-state index in [9.17, 15) is 4.79 Å². The predicted octanol–water partition coefficient (Wildman–Crippen LogP) is 4.04.